The van der Waals surface area contributed by atoms with Gasteiger partial charge >= 0.3 is 0 Å². The highest BCUT2D eigenvalue weighted by Gasteiger charge is 2.31. The van der Waals surface area contributed by atoms with E-state index in [0.717, 1.165) is 24.6 Å². The summed E-state index contributed by atoms with van der Waals surface area (Å²) in [6, 6.07) is 4.63. The second-order valence-corrected chi connectivity index (χ2v) is 11.2. The highest BCUT2D eigenvalue weighted by molar-refractivity contribution is 6.31. The van der Waals surface area contributed by atoms with Crippen LogP contribution in [-0.4, -0.2) is 36.8 Å². The number of nitrogens with one attached hydrogen (secondary N) is 1. The summed E-state index contributed by atoms with van der Waals surface area (Å²) in [7, 11) is 0. The van der Waals surface area contributed by atoms with Crippen molar-refractivity contribution < 1.29 is 23.0 Å². The van der Waals surface area contributed by atoms with Gasteiger partial charge in [-0.25, -0.2) is 18.4 Å². The molecule has 0 aliphatic carbocycles. The van der Waals surface area contributed by atoms with Crippen LogP contribution in [0.2, 0.25) is 5.02 Å². The summed E-state index contributed by atoms with van der Waals surface area (Å²) in [6.07, 6.45) is 6.17. The third kappa shape index (κ3) is 5.00. The number of ether oxygens (including phenoxy) is 2. The Balaban J connectivity index is 1.40. The highest BCUT2D eigenvalue weighted by Crippen LogP contribution is 2.37. The molecular formula is C29H27ClF2N6O4. The monoisotopic (exact) mass is 596 g/mol. The molecule has 1 amide bonds. The lowest BCUT2D eigenvalue weighted by Gasteiger charge is -2.23. The molecule has 0 saturated carbocycles. The van der Waals surface area contributed by atoms with Gasteiger partial charge in [0.25, 0.3) is 5.56 Å². The lowest BCUT2D eigenvalue weighted by Crippen LogP contribution is -2.40. The number of nitrogens with zero attached hydrogens (tertiary/aromatic N) is 5. The van der Waals surface area contributed by atoms with Crippen LogP contribution >= 0.6 is 11.6 Å². The highest BCUT2D eigenvalue weighted by atomic mass is 35.5. The average Bonchev–Trinajstić information content (AvgIpc) is 3.51. The molecule has 0 radical (unpaired) electrons. The molecule has 6 rings (SSSR count). The fourth-order valence-corrected chi connectivity index (χ4v) is 5.61. The Labute approximate surface area is 244 Å². The molecule has 0 spiro atoms. The van der Waals surface area contributed by atoms with Crippen molar-refractivity contribution >= 4 is 17.5 Å². The van der Waals surface area contributed by atoms with Gasteiger partial charge in [-0.1, -0.05) is 11.6 Å². The molecule has 1 atom stereocenters. The first-order chi connectivity index (χ1) is 20.0. The van der Waals surface area contributed by atoms with E-state index in [-0.39, 0.29) is 40.5 Å². The van der Waals surface area contributed by atoms with Crippen LogP contribution in [-0.2, 0) is 23.2 Å². The van der Waals surface area contributed by atoms with Crippen LogP contribution in [0.4, 0.5) is 8.78 Å². The minimum atomic E-state index is -1.06. The van der Waals surface area contributed by atoms with E-state index in [9.17, 15) is 18.4 Å². The molecule has 0 saturated heterocycles. The van der Waals surface area contributed by atoms with Gasteiger partial charge in [-0.2, -0.15) is 5.10 Å². The Kier molecular flexibility index (Phi) is 6.96. The molecule has 1 N–H and O–H groups in total. The van der Waals surface area contributed by atoms with E-state index in [2.05, 4.69) is 20.4 Å². The molecule has 42 heavy (non-hydrogen) atoms. The number of amides is 1. The maximum atomic E-state index is 15.0. The number of aryl methyl sites for hydroxylation is 2. The van der Waals surface area contributed by atoms with Gasteiger partial charge in [0.2, 0.25) is 5.91 Å². The van der Waals surface area contributed by atoms with Crippen molar-refractivity contribution in [1.29, 1.82) is 0 Å². The number of aromatic nitrogens is 5. The van der Waals surface area contributed by atoms with Crippen LogP contribution in [0.5, 0.6) is 11.5 Å². The summed E-state index contributed by atoms with van der Waals surface area (Å²) in [5.74, 6) is -0.712. The standard InChI is InChI=1S/C29H27ClF2N6O4/c1-15(39)35-29(2,3)27-19(32)13-37(36-27)24-10-20-16(11-33-24)6-4-5-7-18-9-21(25(30)28(40)38(18)20)42-23-14-41-22-8-17(31)12-34-26(22)23/h8-13,23H,4-7,14H2,1-3H3,(H,35,39). The van der Waals surface area contributed by atoms with E-state index < -0.39 is 28.8 Å². The first kappa shape index (κ1) is 27.8. The van der Waals surface area contributed by atoms with Crippen LogP contribution in [0.25, 0.3) is 11.5 Å². The second-order valence-electron chi connectivity index (χ2n) is 10.9. The predicted octanol–water partition coefficient (Wildman–Crippen LogP) is 4.51. The molecular weight excluding hydrogens is 570 g/mol. The van der Waals surface area contributed by atoms with Crippen molar-refractivity contribution in [2.75, 3.05) is 6.61 Å². The minimum absolute atomic E-state index is 0.0448. The van der Waals surface area contributed by atoms with Gasteiger partial charge in [-0.05, 0) is 45.1 Å². The van der Waals surface area contributed by atoms with Gasteiger partial charge in [0.15, 0.2) is 17.7 Å². The molecule has 4 aromatic rings. The van der Waals surface area contributed by atoms with E-state index in [0.29, 0.717) is 29.9 Å². The molecule has 2 aliphatic heterocycles. The Morgan fingerprint density at radius 3 is 2.74 bits per heavy atom. The first-order valence-electron chi connectivity index (χ1n) is 13.4. The zero-order valence-corrected chi connectivity index (χ0v) is 23.8. The third-order valence-electron chi connectivity index (χ3n) is 7.31. The van der Waals surface area contributed by atoms with E-state index in [4.69, 9.17) is 21.1 Å². The van der Waals surface area contributed by atoms with E-state index in [1.54, 1.807) is 32.2 Å². The van der Waals surface area contributed by atoms with Crippen molar-refractivity contribution in [2.24, 2.45) is 0 Å². The molecule has 2 aliphatic rings. The molecule has 0 aromatic carbocycles. The van der Waals surface area contributed by atoms with Crippen LogP contribution in [0.3, 0.4) is 0 Å². The Morgan fingerprint density at radius 2 is 1.95 bits per heavy atom. The molecule has 13 heteroatoms. The van der Waals surface area contributed by atoms with Gasteiger partial charge in [0, 0.05) is 37.0 Å². The number of carbonyl (C=O) groups excluding carboxylic acids is 1. The number of fused-ring (bicyclic) bond motifs is 4. The second kappa shape index (κ2) is 10.5. The van der Waals surface area contributed by atoms with Crippen LogP contribution in [0.1, 0.15) is 62.4 Å². The molecule has 0 bridgehead atoms. The van der Waals surface area contributed by atoms with Gasteiger partial charge in [0.05, 0.1) is 23.6 Å². The summed E-state index contributed by atoms with van der Waals surface area (Å²) < 4.78 is 43.0. The molecule has 4 aromatic heterocycles. The lowest BCUT2D eigenvalue weighted by atomic mass is 10.0. The predicted molar refractivity (Wildman–Crippen MR) is 148 cm³/mol. The Bertz CT molecular complexity index is 1790. The van der Waals surface area contributed by atoms with E-state index >= 15 is 0 Å². The Morgan fingerprint density at radius 1 is 1.17 bits per heavy atom. The maximum Gasteiger partial charge on any atom is 0.277 e. The van der Waals surface area contributed by atoms with Crippen LogP contribution < -0.4 is 20.3 Å². The Hall–Kier alpha value is -4.32. The van der Waals surface area contributed by atoms with Crippen molar-refractivity contribution in [1.82, 2.24) is 29.6 Å². The fourth-order valence-electron chi connectivity index (χ4n) is 5.43. The van der Waals surface area contributed by atoms with E-state index in [1.807, 2.05) is 0 Å². The number of carbonyl (C=O) groups is 1. The SMILES string of the molecule is CC(=O)NC(C)(C)c1nn(-c2cc3c(cn2)CCCCc2cc(OC4COc5cc(F)cnc54)c(Cl)c(=O)n2-3)cc1F. The summed E-state index contributed by atoms with van der Waals surface area (Å²) in [5.41, 5.74) is 0.960. The van der Waals surface area contributed by atoms with Crippen molar-refractivity contribution in [3.05, 3.63) is 86.4 Å². The molecule has 6 heterocycles. The number of hydrogen-bond donors (Lipinski definition) is 1. The van der Waals surface area contributed by atoms with Crippen molar-refractivity contribution in [3.63, 3.8) is 0 Å². The molecule has 218 valence electrons. The quantitative estimate of drug-likeness (QED) is 0.361. The summed E-state index contributed by atoms with van der Waals surface area (Å²) >= 11 is 6.60. The summed E-state index contributed by atoms with van der Waals surface area (Å²) in [5, 5.41) is 6.94. The topological polar surface area (TPSA) is 113 Å². The molecule has 0 fully saturated rings. The van der Waals surface area contributed by atoms with Crippen molar-refractivity contribution in [3.8, 4) is 23.0 Å². The van der Waals surface area contributed by atoms with Gasteiger partial charge < -0.3 is 14.8 Å². The zero-order valence-electron chi connectivity index (χ0n) is 23.1. The maximum absolute atomic E-state index is 15.0. The first-order valence-corrected chi connectivity index (χ1v) is 13.8. The van der Waals surface area contributed by atoms with Crippen LogP contribution in [0.15, 0.2) is 41.6 Å². The minimum Gasteiger partial charge on any atom is -0.487 e. The third-order valence-corrected chi connectivity index (χ3v) is 7.66. The molecule has 10 nitrogen and oxygen atoms in total. The summed E-state index contributed by atoms with van der Waals surface area (Å²) in [6.45, 7) is 4.75. The fraction of sp³-hybridized carbons (Fsp3) is 0.345. The van der Waals surface area contributed by atoms with Crippen LogP contribution in [0, 0.1) is 11.6 Å². The summed E-state index contributed by atoms with van der Waals surface area (Å²) in [4.78, 5) is 34.0. The average molecular weight is 597 g/mol. The smallest absolute Gasteiger partial charge is 0.277 e. The number of hydrogen-bond acceptors (Lipinski definition) is 7. The lowest BCUT2D eigenvalue weighted by molar-refractivity contribution is -0.120. The van der Waals surface area contributed by atoms with E-state index in [1.165, 1.54) is 28.4 Å². The van der Waals surface area contributed by atoms with Gasteiger partial charge in [-0.3, -0.25) is 19.1 Å². The number of pyridine rings is 3. The van der Waals surface area contributed by atoms with Crippen molar-refractivity contribution in [2.45, 2.75) is 58.1 Å². The number of halogens is 3. The zero-order chi connectivity index (χ0) is 29.8. The largest absolute Gasteiger partial charge is 0.487 e. The number of rotatable bonds is 5. The molecule has 1 unspecified atom stereocenters. The normalized spacial score (nSPS) is 16.0. The van der Waals surface area contributed by atoms with Gasteiger partial charge in [-0.15, -0.1) is 0 Å². The van der Waals surface area contributed by atoms with Gasteiger partial charge in [0.1, 0.15) is 40.3 Å².